The van der Waals surface area contributed by atoms with Crippen LogP contribution in [0.25, 0.3) is 11.3 Å². The van der Waals surface area contributed by atoms with Crippen molar-refractivity contribution in [2.75, 3.05) is 0 Å². The summed E-state index contributed by atoms with van der Waals surface area (Å²) in [4.78, 5) is 7.88. The van der Waals surface area contributed by atoms with Gasteiger partial charge in [0.15, 0.2) is 0 Å². The zero-order chi connectivity index (χ0) is 13.4. The molecule has 3 rings (SSSR count). The number of aromatic amines is 1. The van der Waals surface area contributed by atoms with Crippen LogP contribution in [0.3, 0.4) is 0 Å². The van der Waals surface area contributed by atoms with Gasteiger partial charge in [0.25, 0.3) is 0 Å². The Morgan fingerprint density at radius 1 is 1.21 bits per heavy atom. The Bertz CT molecular complexity index is 593. The first-order valence-electron chi connectivity index (χ1n) is 7.39. The van der Waals surface area contributed by atoms with E-state index in [0.29, 0.717) is 5.92 Å². The first-order chi connectivity index (χ1) is 9.20. The summed E-state index contributed by atoms with van der Waals surface area (Å²) in [6.45, 7) is 6.72. The number of fused-ring (bicyclic) bond motifs is 1. The predicted molar refractivity (Wildman–Crippen MR) is 79.5 cm³/mol. The van der Waals surface area contributed by atoms with E-state index < -0.39 is 0 Å². The van der Waals surface area contributed by atoms with E-state index in [-0.39, 0.29) is 0 Å². The molecule has 2 aromatic rings. The summed E-state index contributed by atoms with van der Waals surface area (Å²) < 4.78 is 0. The summed E-state index contributed by atoms with van der Waals surface area (Å²) in [5, 5.41) is 0. The fraction of sp³-hybridized carbons (Fsp3) is 0.471. The molecule has 2 nitrogen and oxygen atoms in total. The number of imidazole rings is 1. The van der Waals surface area contributed by atoms with Crippen LogP contribution >= 0.6 is 0 Å². The van der Waals surface area contributed by atoms with Crippen LogP contribution in [0, 0.1) is 0 Å². The minimum absolute atomic E-state index is 0.619. The zero-order valence-electron chi connectivity index (χ0n) is 12.1. The Hall–Kier alpha value is -1.57. The summed E-state index contributed by atoms with van der Waals surface area (Å²) in [7, 11) is 0. The summed E-state index contributed by atoms with van der Waals surface area (Å²) in [5.74, 6) is 1.70. The van der Waals surface area contributed by atoms with Gasteiger partial charge in [-0.25, -0.2) is 4.98 Å². The van der Waals surface area contributed by atoms with Crippen molar-refractivity contribution in [1.82, 2.24) is 9.97 Å². The maximum Gasteiger partial charge on any atom is 0.106 e. The summed E-state index contributed by atoms with van der Waals surface area (Å²) in [5.41, 5.74) is 7.23. The Morgan fingerprint density at radius 3 is 2.68 bits per heavy atom. The quantitative estimate of drug-likeness (QED) is 0.871. The average molecular weight is 254 g/mol. The Balaban J connectivity index is 2.11. The molecule has 19 heavy (non-hydrogen) atoms. The topological polar surface area (TPSA) is 28.7 Å². The van der Waals surface area contributed by atoms with E-state index in [4.69, 9.17) is 0 Å². The molecule has 1 aromatic carbocycles. The molecule has 1 aliphatic carbocycles. The molecule has 2 heteroatoms. The van der Waals surface area contributed by atoms with E-state index in [1.165, 1.54) is 36.1 Å². The van der Waals surface area contributed by atoms with Gasteiger partial charge in [-0.05, 0) is 41.9 Å². The van der Waals surface area contributed by atoms with Crippen molar-refractivity contribution in [1.29, 1.82) is 0 Å². The van der Waals surface area contributed by atoms with Gasteiger partial charge >= 0.3 is 0 Å². The third-order valence-electron chi connectivity index (χ3n) is 4.20. The molecule has 0 bridgehead atoms. The number of hydrogen-bond donors (Lipinski definition) is 1. The number of aryl methyl sites for hydroxylation is 1. The number of benzene rings is 1. The van der Waals surface area contributed by atoms with Gasteiger partial charge in [-0.15, -0.1) is 0 Å². The fourth-order valence-corrected chi connectivity index (χ4v) is 3.21. The molecule has 100 valence electrons. The monoisotopic (exact) mass is 254 g/mol. The van der Waals surface area contributed by atoms with Crippen molar-refractivity contribution in [3.05, 3.63) is 40.8 Å². The average Bonchev–Trinajstić information content (AvgIpc) is 3.06. The first kappa shape index (κ1) is 12.5. The van der Waals surface area contributed by atoms with Crippen molar-refractivity contribution >= 4 is 0 Å². The van der Waals surface area contributed by atoms with E-state index in [0.717, 1.165) is 12.2 Å². The molecule has 0 amide bonds. The molecule has 0 fully saturated rings. The molecule has 0 atom stereocenters. The maximum atomic E-state index is 4.44. The second-order valence-corrected chi connectivity index (χ2v) is 5.76. The lowest BCUT2D eigenvalue weighted by molar-refractivity contribution is 0.838. The molecule has 0 unspecified atom stereocenters. The number of aromatic nitrogens is 2. The standard InChI is InChI=1S/C17H22N2/c1-4-17-18-10-16(19-17)15-9-8-12(11(2)3)13-6-5-7-14(13)15/h8-11H,4-7H2,1-3H3,(H,18,19). The maximum absolute atomic E-state index is 4.44. The minimum atomic E-state index is 0.619. The Labute approximate surface area is 115 Å². The van der Waals surface area contributed by atoms with Crippen molar-refractivity contribution in [3.63, 3.8) is 0 Å². The molecular weight excluding hydrogens is 232 g/mol. The van der Waals surface area contributed by atoms with Crippen molar-refractivity contribution < 1.29 is 0 Å². The highest BCUT2D eigenvalue weighted by Crippen LogP contribution is 2.36. The first-order valence-corrected chi connectivity index (χ1v) is 7.39. The minimum Gasteiger partial charge on any atom is -0.342 e. The molecule has 0 radical (unpaired) electrons. The molecular formula is C17H22N2. The zero-order valence-corrected chi connectivity index (χ0v) is 12.1. The van der Waals surface area contributed by atoms with Crippen LogP contribution < -0.4 is 0 Å². The van der Waals surface area contributed by atoms with Gasteiger partial charge in [0.1, 0.15) is 5.82 Å². The van der Waals surface area contributed by atoms with Crippen LogP contribution in [0.4, 0.5) is 0 Å². The third-order valence-corrected chi connectivity index (χ3v) is 4.20. The van der Waals surface area contributed by atoms with E-state index in [9.17, 15) is 0 Å². The molecule has 0 saturated carbocycles. The number of nitrogens with one attached hydrogen (secondary N) is 1. The van der Waals surface area contributed by atoms with Crippen molar-refractivity contribution in [2.45, 2.75) is 52.4 Å². The molecule has 0 spiro atoms. The molecule has 0 saturated heterocycles. The van der Waals surface area contributed by atoms with Gasteiger partial charge < -0.3 is 4.98 Å². The van der Waals surface area contributed by atoms with Gasteiger partial charge in [0.05, 0.1) is 11.9 Å². The van der Waals surface area contributed by atoms with Crippen LogP contribution in [-0.4, -0.2) is 9.97 Å². The Kier molecular flexibility index (Phi) is 3.17. The lowest BCUT2D eigenvalue weighted by Crippen LogP contribution is -1.98. The largest absolute Gasteiger partial charge is 0.342 e. The van der Waals surface area contributed by atoms with Crippen LogP contribution in [0.2, 0.25) is 0 Å². The number of hydrogen-bond acceptors (Lipinski definition) is 1. The van der Waals surface area contributed by atoms with Crippen molar-refractivity contribution in [3.8, 4) is 11.3 Å². The van der Waals surface area contributed by atoms with E-state index in [1.54, 1.807) is 11.1 Å². The lowest BCUT2D eigenvalue weighted by Gasteiger charge is -2.15. The normalized spacial score (nSPS) is 14.1. The fourth-order valence-electron chi connectivity index (χ4n) is 3.21. The van der Waals surface area contributed by atoms with E-state index in [1.807, 2.05) is 6.20 Å². The second kappa shape index (κ2) is 4.84. The van der Waals surface area contributed by atoms with Gasteiger partial charge in [0, 0.05) is 12.0 Å². The van der Waals surface area contributed by atoms with E-state index in [2.05, 4.69) is 42.9 Å². The van der Waals surface area contributed by atoms with Gasteiger partial charge in [-0.2, -0.15) is 0 Å². The van der Waals surface area contributed by atoms with Gasteiger partial charge in [-0.3, -0.25) is 0 Å². The molecule has 1 N–H and O–H groups in total. The molecule has 0 aliphatic heterocycles. The predicted octanol–water partition coefficient (Wildman–Crippen LogP) is 4.25. The lowest BCUT2D eigenvalue weighted by atomic mass is 9.91. The van der Waals surface area contributed by atoms with Gasteiger partial charge in [-0.1, -0.05) is 32.9 Å². The van der Waals surface area contributed by atoms with E-state index >= 15 is 0 Å². The van der Waals surface area contributed by atoms with Crippen LogP contribution in [-0.2, 0) is 19.3 Å². The molecule has 1 aromatic heterocycles. The molecule has 1 aliphatic rings. The summed E-state index contributed by atoms with van der Waals surface area (Å²) >= 11 is 0. The summed E-state index contributed by atoms with van der Waals surface area (Å²) in [6, 6.07) is 4.60. The number of nitrogens with zero attached hydrogens (tertiary/aromatic N) is 1. The second-order valence-electron chi connectivity index (χ2n) is 5.76. The van der Waals surface area contributed by atoms with Crippen LogP contribution in [0.1, 0.15) is 55.6 Å². The van der Waals surface area contributed by atoms with Crippen molar-refractivity contribution in [2.24, 2.45) is 0 Å². The third kappa shape index (κ3) is 2.09. The SMILES string of the molecule is CCc1ncc(-c2ccc(C(C)C)c3c2CCC3)[nH]1. The highest BCUT2D eigenvalue weighted by Gasteiger charge is 2.21. The summed E-state index contributed by atoms with van der Waals surface area (Å²) in [6.07, 6.45) is 6.70. The molecule has 1 heterocycles. The Morgan fingerprint density at radius 2 is 2.00 bits per heavy atom. The highest BCUT2D eigenvalue weighted by atomic mass is 14.9. The number of rotatable bonds is 3. The highest BCUT2D eigenvalue weighted by molar-refractivity contribution is 5.67. The van der Waals surface area contributed by atoms with Gasteiger partial charge in [0.2, 0.25) is 0 Å². The number of H-pyrrole nitrogens is 1. The van der Waals surface area contributed by atoms with Crippen LogP contribution in [0.5, 0.6) is 0 Å². The smallest absolute Gasteiger partial charge is 0.106 e. The van der Waals surface area contributed by atoms with Crippen LogP contribution in [0.15, 0.2) is 18.3 Å².